The Balaban J connectivity index is 1.67. The molecule has 0 bridgehead atoms. The van der Waals surface area contributed by atoms with Crippen LogP contribution in [0.15, 0.2) is 53.0 Å². The third kappa shape index (κ3) is 3.73. The van der Waals surface area contributed by atoms with Crippen LogP contribution >= 0.6 is 27.7 Å². The molecule has 1 aliphatic rings. The first-order valence-electron chi connectivity index (χ1n) is 7.24. The Morgan fingerprint density at radius 2 is 1.79 bits per heavy atom. The molecule has 2 aromatic rings. The monoisotopic (exact) mass is 406 g/mol. The molecule has 0 saturated carbocycles. The Kier molecular flexibility index (Phi) is 5.11. The fraction of sp³-hybridized carbons (Fsp3) is 0.176. The number of benzene rings is 2. The van der Waals surface area contributed by atoms with E-state index in [1.165, 1.54) is 4.90 Å². The van der Waals surface area contributed by atoms with Crippen LogP contribution in [-0.2, 0) is 11.3 Å². The van der Waals surface area contributed by atoms with Crippen LogP contribution in [0.3, 0.4) is 0 Å². The molecule has 1 heterocycles. The van der Waals surface area contributed by atoms with Crippen molar-refractivity contribution in [3.63, 3.8) is 0 Å². The number of nitrogens with one attached hydrogen (secondary N) is 1. The lowest BCUT2D eigenvalue weighted by Gasteiger charge is -2.15. The summed E-state index contributed by atoms with van der Waals surface area (Å²) in [6.45, 7) is 0.277. The maximum absolute atomic E-state index is 12.5. The van der Waals surface area contributed by atoms with Gasteiger partial charge in [-0.15, -0.1) is 0 Å². The van der Waals surface area contributed by atoms with Gasteiger partial charge in [0.1, 0.15) is 5.75 Å². The predicted molar refractivity (Wildman–Crippen MR) is 98.1 cm³/mol. The van der Waals surface area contributed by atoms with Gasteiger partial charge in [-0.1, -0.05) is 28.1 Å². The molecule has 0 radical (unpaired) electrons. The number of carbonyl (C=O) groups is 2. The minimum atomic E-state index is -0.610. The van der Waals surface area contributed by atoms with Gasteiger partial charge < -0.3 is 10.1 Å². The van der Waals surface area contributed by atoms with Gasteiger partial charge in [-0.25, -0.2) is 0 Å². The first kappa shape index (κ1) is 16.9. The molecule has 24 heavy (non-hydrogen) atoms. The van der Waals surface area contributed by atoms with Crippen molar-refractivity contribution in [1.82, 2.24) is 4.90 Å². The Labute approximate surface area is 152 Å². The molecular formula is C17H15BrN2O3S. The molecule has 1 aliphatic heterocycles. The Morgan fingerprint density at radius 3 is 2.42 bits per heavy atom. The SMILES string of the molecule is COc1ccc(NC2SC(=O)N(Cc3ccc(Br)cc3)C2=O)cc1. The molecular weight excluding hydrogens is 392 g/mol. The summed E-state index contributed by atoms with van der Waals surface area (Å²) in [5, 5.41) is 2.23. The Bertz CT molecular complexity index is 749. The summed E-state index contributed by atoms with van der Waals surface area (Å²) in [4.78, 5) is 25.9. The van der Waals surface area contributed by atoms with E-state index in [4.69, 9.17) is 4.74 Å². The lowest BCUT2D eigenvalue weighted by molar-refractivity contribution is -0.126. The van der Waals surface area contributed by atoms with Crippen LogP contribution in [0.1, 0.15) is 5.56 Å². The number of imide groups is 1. The average Bonchev–Trinajstić information content (AvgIpc) is 2.85. The molecule has 1 atom stereocenters. The molecule has 2 amide bonds. The number of methoxy groups -OCH3 is 1. The van der Waals surface area contributed by atoms with Crippen molar-refractivity contribution in [2.75, 3.05) is 12.4 Å². The molecule has 2 aromatic carbocycles. The zero-order valence-corrected chi connectivity index (χ0v) is 15.3. The number of rotatable bonds is 5. The van der Waals surface area contributed by atoms with Gasteiger partial charge in [0.05, 0.1) is 13.7 Å². The van der Waals surface area contributed by atoms with Crippen LogP contribution in [0.4, 0.5) is 10.5 Å². The smallest absolute Gasteiger partial charge is 0.291 e. The highest BCUT2D eigenvalue weighted by atomic mass is 79.9. The standard InChI is InChI=1S/C17H15BrN2O3S/c1-23-14-8-6-13(7-9-14)19-15-16(21)20(17(22)24-15)10-11-2-4-12(18)5-3-11/h2-9,15,19H,10H2,1H3. The molecule has 3 rings (SSSR count). The van der Waals surface area contributed by atoms with E-state index in [2.05, 4.69) is 21.2 Å². The van der Waals surface area contributed by atoms with Crippen molar-refractivity contribution in [2.45, 2.75) is 11.9 Å². The van der Waals surface area contributed by atoms with Gasteiger partial charge in [0.2, 0.25) is 0 Å². The molecule has 124 valence electrons. The summed E-state index contributed by atoms with van der Waals surface area (Å²) >= 11 is 4.36. The lowest BCUT2D eigenvalue weighted by atomic mass is 10.2. The maximum Gasteiger partial charge on any atom is 0.291 e. The molecule has 0 aliphatic carbocycles. The highest BCUT2D eigenvalue weighted by Crippen LogP contribution is 2.30. The van der Waals surface area contributed by atoms with Crippen molar-refractivity contribution < 1.29 is 14.3 Å². The van der Waals surface area contributed by atoms with Crippen LogP contribution in [0.5, 0.6) is 5.75 Å². The van der Waals surface area contributed by atoms with Crippen LogP contribution in [0.25, 0.3) is 0 Å². The fourth-order valence-electron chi connectivity index (χ4n) is 2.29. The molecule has 0 spiro atoms. The molecule has 1 unspecified atom stereocenters. The number of ether oxygens (including phenoxy) is 1. The van der Waals surface area contributed by atoms with Gasteiger partial charge in [-0.05, 0) is 53.7 Å². The third-order valence-electron chi connectivity index (χ3n) is 3.57. The highest BCUT2D eigenvalue weighted by molar-refractivity contribution is 9.10. The summed E-state index contributed by atoms with van der Waals surface area (Å²) in [5.74, 6) is 0.502. The number of thioether (sulfide) groups is 1. The second kappa shape index (κ2) is 7.27. The average molecular weight is 407 g/mol. The number of amides is 2. The minimum absolute atomic E-state index is 0.233. The van der Waals surface area contributed by atoms with E-state index < -0.39 is 5.37 Å². The lowest BCUT2D eigenvalue weighted by Crippen LogP contribution is -2.33. The van der Waals surface area contributed by atoms with Gasteiger partial charge >= 0.3 is 0 Å². The van der Waals surface area contributed by atoms with E-state index in [1.807, 2.05) is 36.4 Å². The minimum Gasteiger partial charge on any atom is -0.497 e. The van der Waals surface area contributed by atoms with Crippen LogP contribution in [0, 0.1) is 0 Å². The maximum atomic E-state index is 12.5. The number of nitrogens with zero attached hydrogens (tertiary/aromatic N) is 1. The molecule has 0 aromatic heterocycles. The highest BCUT2D eigenvalue weighted by Gasteiger charge is 2.39. The number of hydrogen-bond donors (Lipinski definition) is 1. The van der Waals surface area contributed by atoms with Crippen molar-refractivity contribution in [2.24, 2.45) is 0 Å². The number of halogens is 1. The topological polar surface area (TPSA) is 58.6 Å². The van der Waals surface area contributed by atoms with E-state index in [0.717, 1.165) is 33.2 Å². The Morgan fingerprint density at radius 1 is 1.12 bits per heavy atom. The van der Waals surface area contributed by atoms with E-state index in [9.17, 15) is 9.59 Å². The van der Waals surface area contributed by atoms with E-state index in [1.54, 1.807) is 19.2 Å². The first-order chi connectivity index (χ1) is 11.6. The van der Waals surface area contributed by atoms with Gasteiger partial charge in [-0.3, -0.25) is 14.5 Å². The van der Waals surface area contributed by atoms with E-state index in [0.29, 0.717) is 0 Å². The second-order valence-corrected chi connectivity index (χ2v) is 7.16. The van der Waals surface area contributed by atoms with Gasteiger partial charge in [0.15, 0.2) is 5.37 Å². The largest absolute Gasteiger partial charge is 0.497 e. The second-order valence-electron chi connectivity index (χ2n) is 5.19. The molecule has 5 nitrogen and oxygen atoms in total. The molecule has 1 fully saturated rings. The third-order valence-corrected chi connectivity index (χ3v) is 5.08. The van der Waals surface area contributed by atoms with Gasteiger partial charge in [0, 0.05) is 10.2 Å². The van der Waals surface area contributed by atoms with Gasteiger partial charge in [0.25, 0.3) is 11.1 Å². The van der Waals surface area contributed by atoms with Crippen molar-refractivity contribution >= 4 is 44.5 Å². The van der Waals surface area contributed by atoms with E-state index >= 15 is 0 Å². The molecule has 1 N–H and O–H groups in total. The summed E-state index contributed by atoms with van der Waals surface area (Å²) in [6, 6.07) is 14.8. The summed E-state index contributed by atoms with van der Waals surface area (Å²) in [7, 11) is 1.59. The first-order valence-corrected chi connectivity index (χ1v) is 8.91. The number of hydrogen-bond acceptors (Lipinski definition) is 5. The molecule has 1 saturated heterocycles. The van der Waals surface area contributed by atoms with Crippen molar-refractivity contribution in [3.05, 3.63) is 58.6 Å². The van der Waals surface area contributed by atoms with Crippen LogP contribution in [-0.4, -0.2) is 28.5 Å². The fourth-order valence-corrected chi connectivity index (χ4v) is 3.46. The van der Waals surface area contributed by atoms with Crippen molar-refractivity contribution in [1.29, 1.82) is 0 Å². The van der Waals surface area contributed by atoms with E-state index in [-0.39, 0.29) is 17.7 Å². The summed E-state index contributed by atoms with van der Waals surface area (Å²) < 4.78 is 6.06. The van der Waals surface area contributed by atoms with Crippen LogP contribution in [0.2, 0.25) is 0 Å². The molecule has 7 heteroatoms. The summed E-state index contributed by atoms with van der Waals surface area (Å²) in [6.07, 6.45) is 0. The predicted octanol–water partition coefficient (Wildman–Crippen LogP) is 4.09. The normalized spacial score (nSPS) is 17.2. The van der Waals surface area contributed by atoms with Crippen molar-refractivity contribution in [3.8, 4) is 5.75 Å². The van der Waals surface area contributed by atoms with Gasteiger partial charge in [-0.2, -0.15) is 0 Å². The quantitative estimate of drug-likeness (QED) is 0.809. The number of carbonyl (C=O) groups excluding carboxylic acids is 2. The summed E-state index contributed by atoms with van der Waals surface area (Å²) in [5.41, 5.74) is 1.67. The zero-order valence-electron chi connectivity index (χ0n) is 12.9. The van der Waals surface area contributed by atoms with Crippen LogP contribution < -0.4 is 10.1 Å². The number of anilines is 1. The Hall–Kier alpha value is -1.99. The zero-order chi connectivity index (χ0) is 17.1.